The maximum absolute atomic E-state index is 13.0. The third kappa shape index (κ3) is 6.22. The van der Waals surface area contributed by atoms with E-state index in [1.807, 2.05) is 32.9 Å². The van der Waals surface area contributed by atoms with E-state index in [2.05, 4.69) is 24.6 Å². The predicted molar refractivity (Wildman–Crippen MR) is 148 cm³/mol. The van der Waals surface area contributed by atoms with Gasteiger partial charge in [0.2, 0.25) is 0 Å². The van der Waals surface area contributed by atoms with E-state index in [9.17, 15) is 18.7 Å². The smallest absolute Gasteiger partial charge is 0.410 e. The van der Waals surface area contributed by atoms with E-state index in [4.69, 9.17) is 4.74 Å². The molecule has 0 spiro atoms. The number of rotatable bonds is 6. The molecule has 1 aliphatic rings. The Balaban J connectivity index is 1.35. The number of benzene rings is 1. The second kappa shape index (κ2) is 11.3. The SMILES string of the molecule is Cc1nc2cnc(-c3ccc(N4CCN(C(=O)OC(C)(C)C)CC4)nc3)cn2c1C(O)c1ccccc1OC(F)F. The highest BCUT2D eigenvalue weighted by atomic mass is 19.3. The van der Waals surface area contributed by atoms with E-state index in [0.717, 1.165) is 11.4 Å². The van der Waals surface area contributed by atoms with Crippen molar-refractivity contribution in [1.29, 1.82) is 0 Å². The number of hydrogen-bond acceptors (Lipinski definition) is 8. The quantitative estimate of drug-likeness (QED) is 0.354. The van der Waals surface area contributed by atoms with Gasteiger partial charge in [0, 0.05) is 49.7 Å². The number of carbonyl (C=O) groups is 1. The fourth-order valence-electron chi connectivity index (χ4n) is 4.80. The molecule has 1 aliphatic heterocycles. The molecule has 10 nitrogen and oxygen atoms in total. The van der Waals surface area contributed by atoms with Crippen LogP contribution in [0.2, 0.25) is 0 Å². The van der Waals surface area contributed by atoms with Crippen LogP contribution in [0.3, 0.4) is 0 Å². The van der Waals surface area contributed by atoms with Gasteiger partial charge in [-0.15, -0.1) is 0 Å². The topological polar surface area (TPSA) is 105 Å². The number of nitrogens with zero attached hydrogens (tertiary/aromatic N) is 6. The Bertz CT molecular complexity index is 1530. The molecule has 1 unspecified atom stereocenters. The maximum atomic E-state index is 13.0. The molecule has 3 aromatic heterocycles. The number of halogens is 2. The molecule has 0 aliphatic carbocycles. The molecule has 216 valence electrons. The molecule has 1 amide bonds. The monoisotopic (exact) mass is 566 g/mol. The maximum Gasteiger partial charge on any atom is 0.410 e. The summed E-state index contributed by atoms with van der Waals surface area (Å²) in [7, 11) is 0. The summed E-state index contributed by atoms with van der Waals surface area (Å²) in [6, 6.07) is 9.95. The molecule has 1 fully saturated rings. The zero-order chi connectivity index (χ0) is 29.3. The minimum absolute atomic E-state index is 0.106. The molecule has 41 heavy (non-hydrogen) atoms. The van der Waals surface area contributed by atoms with E-state index < -0.39 is 18.3 Å². The minimum Gasteiger partial charge on any atom is -0.444 e. The number of carbonyl (C=O) groups excluding carboxylic acids is 1. The lowest BCUT2D eigenvalue weighted by Crippen LogP contribution is -2.50. The van der Waals surface area contributed by atoms with Gasteiger partial charge < -0.3 is 24.4 Å². The molecular formula is C29H32F2N6O4. The summed E-state index contributed by atoms with van der Waals surface area (Å²) in [5, 5.41) is 11.2. The van der Waals surface area contributed by atoms with Crippen LogP contribution < -0.4 is 9.64 Å². The van der Waals surface area contributed by atoms with Crippen molar-refractivity contribution in [1.82, 2.24) is 24.3 Å². The largest absolute Gasteiger partial charge is 0.444 e. The number of aromatic nitrogens is 4. The van der Waals surface area contributed by atoms with Crippen molar-refractivity contribution in [2.75, 3.05) is 31.1 Å². The highest BCUT2D eigenvalue weighted by Gasteiger charge is 2.27. The van der Waals surface area contributed by atoms with Crippen LogP contribution in [0, 0.1) is 6.92 Å². The van der Waals surface area contributed by atoms with E-state index in [0.29, 0.717) is 48.9 Å². The number of ether oxygens (including phenoxy) is 2. The number of aliphatic hydroxyl groups is 1. The van der Waals surface area contributed by atoms with Crippen LogP contribution >= 0.6 is 0 Å². The van der Waals surface area contributed by atoms with Crippen molar-refractivity contribution in [3.8, 4) is 17.0 Å². The Kier molecular flexibility index (Phi) is 7.76. The number of aliphatic hydroxyl groups excluding tert-OH is 1. The highest BCUT2D eigenvalue weighted by molar-refractivity contribution is 5.68. The number of aryl methyl sites for hydroxylation is 1. The third-order valence-corrected chi connectivity index (χ3v) is 6.72. The second-order valence-corrected chi connectivity index (χ2v) is 10.8. The zero-order valence-corrected chi connectivity index (χ0v) is 23.3. The first-order valence-corrected chi connectivity index (χ1v) is 13.3. The number of hydrogen-bond donors (Lipinski definition) is 1. The van der Waals surface area contributed by atoms with Gasteiger partial charge in [0.05, 0.1) is 23.3 Å². The summed E-state index contributed by atoms with van der Waals surface area (Å²) in [6.45, 7) is 6.58. The summed E-state index contributed by atoms with van der Waals surface area (Å²) in [5.74, 6) is 0.675. The fourth-order valence-corrected chi connectivity index (χ4v) is 4.80. The summed E-state index contributed by atoms with van der Waals surface area (Å²) in [4.78, 5) is 29.8. The Morgan fingerprint density at radius 1 is 1.02 bits per heavy atom. The van der Waals surface area contributed by atoms with Crippen LogP contribution in [-0.4, -0.2) is 73.8 Å². The number of anilines is 1. The number of pyridine rings is 1. The average Bonchev–Trinajstić information content (AvgIpc) is 3.27. The van der Waals surface area contributed by atoms with Crippen LogP contribution in [0.15, 0.2) is 55.0 Å². The van der Waals surface area contributed by atoms with Gasteiger partial charge in [0.15, 0.2) is 5.65 Å². The van der Waals surface area contributed by atoms with Gasteiger partial charge in [-0.2, -0.15) is 8.78 Å². The number of piperazine rings is 1. The minimum atomic E-state index is -3.02. The van der Waals surface area contributed by atoms with Crippen molar-refractivity contribution < 1.29 is 28.2 Å². The number of fused-ring (bicyclic) bond motifs is 1. The molecule has 1 atom stereocenters. The Hall–Kier alpha value is -4.32. The second-order valence-electron chi connectivity index (χ2n) is 10.8. The van der Waals surface area contributed by atoms with Crippen molar-refractivity contribution in [3.05, 3.63) is 71.9 Å². The lowest BCUT2D eigenvalue weighted by molar-refractivity contribution is -0.0513. The van der Waals surface area contributed by atoms with E-state index >= 15 is 0 Å². The van der Waals surface area contributed by atoms with Crippen molar-refractivity contribution in [2.45, 2.75) is 46.0 Å². The molecule has 5 rings (SSSR count). The lowest BCUT2D eigenvalue weighted by Gasteiger charge is -2.36. The Morgan fingerprint density at radius 3 is 2.41 bits per heavy atom. The molecule has 4 aromatic rings. The Labute approximate surface area is 236 Å². The third-order valence-electron chi connectivity index (χ3n) is 6.72. The Morgan fingerprint density at radius 2 is 1.76 bits per heavy atom. The molecule has 12 heteroatoms. The van der Waals surface area contributed by atoms with Crippen LogP contribution in [-0.2, 0) is 4.74 Å². The standard InChI is InChI=1S/C29H32F2N6O4/c1-18-25(26(38)20-7-5-6-8-22(20)40-27(30)31)37-17-21(32-16-24(37)34-18)19-9-10-23(33-15-19)35-11-13-36(14-12-35)28(39)41-29(2,3)4/h5-10,15-17,26-27,38H,11-14H2,1-4H3. The molecule has 4 heterocycles. The summed E-state index contributed by atoms with van der Waals surface area (Å²) in [5.41, 5.74) is 2.45. The van der Waals surface area contributed by atoms with Crippen LogP contribution in [0.5, 0.6) is 5.75 Å². The van der Waals surface area contributed by atoms with E-state index in [1.165, 1.54) is 6.07 Å². The van der Waals surface area contributed by atoms with Gasteiger partial charge in [0.1, 0.15) is 23.3 Å². The summed E-state index contributed by atoms with van der Waals surface area (Å²) >= 11 is 0. The molecule has 1 N–H and O–H groups in total. The van der Waals surface area contributed by atoms with Gasteiger partial charge >= 0.3 is 12.7 Å². The van der Waals surface area contributed by atoms with Crippen molar-refractivity contribution >= 4 is 17.6 Å². The summed E-state index contributed by atoms with van der Waals surface area (Å²) in [6.07, 6.45) is 3.46. The average molecular weight is 567 g/mol. The lowest BCUT2D eigenvalue weighted by atomic mass is 10.0. The van der Waals surface area contributed by atoms with E-state index in [-0.39, 0.29) is 17.4 Å². The molecule has 0 bridgehead atoms. The first-order valence-electron chi connectivity index (χ1n) is 13.3. The predicted octanol–water partition coefficient (Wildman–Crippen LogP) is 4.84. The fraction of sp³-hybridized carbons (Fsp3) is 0.379. The molecular weight excluding hydrogens is 534 g/mol. The highest BCUT2D eigenvalue weighted by Crippen LogP contribution is 2.33. The van der Waals surface area contributed by atoms with Gasteiger partial charge in [-0.25, -0.2) is 14.8 Å². The first-order chi connectivity index (χ1) is 19.5. The van der Waals surface area contributed by atoms with Gasteiger partial charge in [-0.1, -0.05) is 18.2 Å². The van der Waals surface area contributed by atoms with Crippen molar-refractivity contribution in [2.24, 2.45) is 0 Å². The summed E-state index contributed by atoms with van der Waals surface area (Å²) < 4.78 is 37.7. The molecule has 0 radical (unpaired) electrons. The molecule has 1 saturated heterocycles. The van der Waals surface area contributed by atoms with Crippen molar-refractivity contribution in [3.63, 3.8) is 0 Å². The number of amides is 1. The van der Waals surface area contributed by atoms with Crippen LogP contribution in [0.25, 0.3) is 16.9 Å². The number of imidazole rings is 1. The van der Waals surface area contributed by atoms with Gasteiger partial charge in [0.25, 0.3) is 0 Å². The van der Waals surface area contributed by atoms with Gasteiger partial charge in [-0.05, 0) is 45.9 Å². The number of para-hydroxylation sites is 1. The normalized spacial score (nSPS) is 14.9. The van der Waals surface area contributed by atoms with Gasteiger partial charge in [-0.3, -0.25) is 9.38 Å². The number of alkyl halides is 2. The first kappa shape index (κ1) is 28.2. The van der Waals surface area contributed by atoms with Crippen LogP contribution in [0.1, 0.15) is 43.8 Å². The zero-order valence-electron chi connectivity index (χ0n) is 23.3. The van der Waals surface area contributed by atoms with Crippen LogP contribution in [0.4, 0.5) is 19.4 Å². The molecule has 0 saturated carbocycles. The molecule has 1 aromatic carbocycles. The van der Waals surface area contributed by atoms with E-state index in [1.54, 1.807) is 53.0 Å².